The molecule has 0 saturated carbocycles. The normalized spacial score (nSPS) is 23.1. The fourth-order valence-corrected chi connectivity index (χ4v) is 4.17. The first-order valence-electron chi connectivity index (χ1n) is 6.21. The summed E-state index contributed by atoms with van der Waals surface area (Å²) in [5.74, 6) is 0.225. The van der Waals surface area contributed by atoms with Crippen LogP contribution in [-0.4, -0.2) is 31.9 Å². The monoisotopic (exact) mass is 315 g/mol. The van der Waals surface area contributed by atoms with Crippen molar-refractivity contribution in [3.05, 3.63) is 29.8 Å². The molecule has 5 nitrogen and oxygen atoms in total. The molecule has 1 aliphatic rings. The number of nitrogens with two attached hydrogens (primary N) is 1. The van der Waals surface area contributed by atoms with Crippen LogP contribution in [0.2, 0.25) is 0 Å². The first-order chi connectivity index (χ1) is 8.98. The van der Waals surface area contributed by atoms with Crippen molar-refractivity contribution in [2.24, 2.45) is 11.7 Å². The maximum Gasteiger partial charge on any atom is 0.243 e. The Labute approximate surface area is 125 Å². The summed E-state index contributed by atoms with van der Waals surface area (Å²) < 4.78 is 26.5. The minimum atomic E-state index is -3.49. The molecular formula is C13H18ClN3O2S. The highest BCUT2D eigenvalue weighted by molar-refractivity contribution is 7.89. The minimum absolute atomic E-state index is 0. The zero-order chi connectivity index (χ0) is 14.0. The second-order valence-electron chi connectivity index (χ2n) is 4.90. The van der Waals surface area contributed by atoms with Gasteiger partial charge in [0.1, 0.15) is 0 Å². The average Bonchev–Trinajstić information content (AvgIpc) is 2.81. The lowest BCUT2D eigenvalue weighted by atomic mass is 10.1. The molecule has 2 N–H and O–H groups in total. The van der Waals surface area contributed by atoms with E-state index in [1.165, 1.54) is 28.6 Å². The van der Waals surface area contributed by atoms with E-state index in [1.54, 1.807) is 0 Å². The summed E-state index contributed by atoms with van der Waals surface area (Å²) in [6.45, 7) is 2.88. The van der Waals surface area contributed by atoms with Gasteiger partial charge in [-0.05, 0) is 50.1 Å². The third kappa shape index (κ3) is 3.13. The Kier molecular flexibility index (Phi) is 5.54. The highest BCUT2D eigenvalue weighted by atomic mass is 35.5. The molecule has 7 heteroatoms. The van der Waals surface area contributed by atoms with Gasteiger partial charge >= 0.3 is 0 Å². The van der Waals surface area contributed by atoms with Gasteiger partial charge in [-0.1, -0.05) is 0 Å². The number of nitriles is 1. The van der Waals surface area contributed by atoms with Crippen LogP contribution in [0.4, 0.5) is 0 Å². The van der Waals surface area contributed by atoms with Gasteiger partial charge in [0, 0.05) is 12.6 Å². The lowest BCUT2D eigenvalue weighted by molar-refractivity contribution is 0.404. The number of hydrogen-bond donors (Lipinski definition) is 1. The van der Waals surface area contributed by atoms with Crippen LogP contribution in [0, 0.1) is 17.2 Å². The summed E-state index contributed by atoms with van der Waals surface area (Å²) in [5.41, 5.74) is 6.07. The largest absolute Gasteiger partial charge is 0.330 e. The molecule has 1 saturated heterocycles. The molecule has 2 atom stereocenters. The lowest BCUT2D eigenvalue weighted by Gasteiger charge is -2.21. The van der Waals surface area contributed by atoms with Crippen molar-refractivity contribution in [1.82, 2.24) is 4.31 Å². The molecule has 0 aliphatic carbocycles. The summed E-state index contributed by atoms with van der Waals surface area (Å²) >= 11 is 0. The van der Waals surface area contributed by atoms with E-state index in [4.69, 9.17) is 11.0 Å². The average molecular weight is 316 g/mol. The van der Waals surface area contributed by atoms with Crippen molar-refractivity contribution in [3.63, 3.8) is 0 Å². The van der Waals surface area contributed by atoms with Crippen LogP contribution in [-0.2, 0) is 10.0 Å². The van der Waals surface area contributed by atoms with Gasteiger partial charge in [0.15, 0.2) is 0 Å². The first kappa shape index (κ1) is 16.9. The Morgan fingerprint density at radius 1 is 1.40 bits per heavy atom. The Morgan fingerprint density at radius 2 is 2.00 bits per heavy atom. The highest BCUT2D eigenvalue weighted by Gasteiger charge is 2.37. The smallest absolute Gasteiger partial charge is 0.243 e. The van der Waals surface area contributed by atoms with Gasteiger partial charge in [0.05, 0.1) is 16.5 Å². The van der Waals surface area contributed by atoms with Crippen molar-refractivity contribution < 1.29 is 8.42 Å². The third-order valence-corrected chi connectivity index (χ3v) is 5.52. The summed E-state index contributed by atoms with van der Waals surface area (Å²) in [7, 11) is -3.49. The number of sulfonamides is 1. The van der Waals surface area contributed by atoms with E-state index in [-0.39, 0.29) is 29.3 Å². The van der Waals surface area contributed by atoms with Crippen molar-refractivity contribution in [3.8, 4) is 6.07 Å². The van der Waals surface area contributed by atoms with Gasteiger partial charge in [-0.25, -0.2) is 8.42 Å². The van der Waals surface area contributed by atoms with Gasteiger partial charge in [0.2, 0.25) is 10.0 Å². The number of rotatable bonds is 3. The standard InChI is InChI=1S/C13H17N3O2S.ClH/c1-10-6-12(8-15)9-16(10)19(17,18)13-4-2-11(7-14)3-5-13;/h2-5,10,12H,6,8-9,15H2,1H3;1H. The maximum absolute atomic E-state index is 12.5. The van der Waals surface area contributed by atoms with Gasteiger partial charge in [0.25, 0.3) is 0 Å². The minimum Gasteiger partial charge on any atom is -0.330 e. The molecular weight excluding hydrogens is 298 g/mol. The van der Waals surface area contributed by atoms with E-state index in [9.17, 15) is 8.42 Å². The molecule has 1 fully saturated rings. The number of benzene rings is 1. The zero-order valence-electron chi connectivity index (χ0n) is 11.2. The van der Waals surface area contributed by atoms with Gasteiger partial charge in [-0.3, -0.25) is 0 Å². The summed E-state index contributed by atoms with van der Waals surface area (Å²) in [6.07, 6.45) is 0.798. The Morgan fingerprint density at radius 3 is 2.45 bits per heavy atom. The van der Waals surface area contributed by atoms with E-state index in [0.29, 0.717) is 18.7 Å². The molecule has 0 spiro atoms. The highest BCUT2D eigenvalue weighted by Crippen LogP contribution is 2.28. The number of halogens is 1. The van der Waals surface area contributed by atoms with E-state index in [1.807, 2.05) is 13.0 Å². The molecule has 110 valence electrons. The lowest BCUT2D eigenvalue weighted by Crippen LogP contribution is -2.34. The second kappa shape index (κ2) is 6.55. The fraction of sp³-hybridized carbons (Fsp3) is 0.462. The molecule has 1 aromatic rings. The van der Waals surface area contributed by atoms with Gasteiger partial charge < -0.3 is 5.73 Å². The summed E-state index contributed by atoms with van der Waals surface area (Å²) in [4.78, 5) is 0.232. The van der Waals surface area contributed by atoms with Crippen molar-refractivity contribution in [1.29, 1.82) is 5.26 Å². The first-order valence-corrected chi connectivity index (χ1v) is 7.65. The predicted octanol–water partition coefficient (Wildman–Crippen LogP) is 1.34. The van der Waals surface area contributed by atoms with Crippen LogP contribution >= 0.6 is 12.4 Å². The molecule has 0 radical (unpaired) electrons. The molecule has 1 heterocycles. The Balaban J connectivity index is 0.00000200. The van der Waals surface area contributed by atoms with Crippen molar-refractivity contribution in [2.45, 2.75) is 24.3 Å². The topological polar surface area (TPSA) is 87.2 Å². The molecule has 0 bridgehead atoms. The number of hydrogen-bond acceptors (Lipinski definition) is 4. The molecule has 2 rings (SSSR count). The van der Waals surface area contributed by atoms with Crippen LogP contribution in [0.25, 0.3) is 0 Å². The van der Waals surface area contributed by atoms with Crippen LogP contribution in [0.3, 0.4) is 0 Å². The molecule has 0 amide bonds. The fourth-order valence-electron chi connectivity index (χ4n) is 2.45. The number of nitrogens with zero attached hydrogens (tertiary/aromatic N) is 2. The Hall–Kier alpha value is -1.13. The van der Waals surface area contributed by atoms with Crippen LogP contribution in [0.1, 0.15) is 18.9 Å². The van der Waals surface area contributed by atoms with Crippen LogP contribution in [0.5, 0.6) is 0 Å². The van der Waals surface area contributed by atoms with Crippen molar-refractivity contribution in [2.75, 3.05) is 13.1 Å². The van der Waals surface area contributed by atoms with Gasteiger partial charge in [-0.15, -0.1) is 12.4 Å². The van der Waals surface area contributed by atoms with E-state index in [0.717, 1.165) is 6.42 Å². The van der Waals surface area contributed by atoms with Crippen molar-refractivity contribution >= 4 is 22.4 Å². The molecule has 0 aromatic heterocycles. The quantitative estimate of drug-likeness (QED) is 0.911. The molecule has 1 aliphatic heterocycles. The molecule has 20 heavy (non-hydrogen) atoms. The molecule has 1 aromatic carbocycles. The zero-order valence-corrected chi connectivity index (χ0v) is 12.8. The summed E-state index contributed by atoms with van der Waals surface area (Å²) in [5, 5.41) is 8.73. The predicted molar refractivity (Wildman–Crippen MR) is 78.9 cm³/mol. The second-order valence-corrected chi connectivity index (χ2v) is 6.79. The Bertz CT molecular complexity index is 595. The van der Waals surface area contributed by atoms with Crippen LogP contribution in [0.15, 0.2) is 29.2 Å². The van der Waals surface area contributed by atoms with Crippen LogP contribution < -0.4 is 5.73 Å². The summed E-state index contributed by atoms with van der Waals surface area (Å²) in [6, 6.07) is 7.95. The molecule has 2 unspecified atom stereocenters. The van der Waals surface area contributed by atoms with E-state index in [2.05, 4.69) is 0 Å². The van der Waals surface area contributed by atoms with E-state index >= 15 is 0 Å². The third-order valence-electron chi connectivity index (χ3n) is 3.53. The SMILES string of the molecule is CC1CC(CN)CN1S(=O)(=O)c1ccc(C#N)cc1.Cl. The van der Waals surface area contributed by atoms with Gasteiger partial charge in [-0.2, -0.15) is 9.57 Å². The van der Waals surface area contributed by atoms with E-state index < -0.39 is 10.0 Å². The maximum atomic E-state index is 12.5.